The van der Waals surface area contributed by atoms with Crippen molar-refractivity contribution in [3.8, 4) is 0 Å². The molecule has 0 fully saturated rings. The van der Waals surface area contributed by atoms with Crippen molar-refractivity contribution in [2.75, 3.05) is 5.75 Å². The first-order valence-corrected chi connectivity index (χ1v) is 10.9. The molecule has 0 bridgehead atoms. The van der Waals surface area contributed by atoms with E-state index in [1.54, 1.807) is 11.8 Å². The van der Waals surface area contributed by atoms with Crippen LogP contribution in [-0.2, 0) is 6.54 Å². The molecule has 0 spiro atoms. The van der Waals surface area contributed by atoms with Gasteiger partial charge in [-0.2, -0.15) is 0 Å². The summed E-state index contributed by atoms with van der Waals surface area (Å²) in [5.41, 5.74) is 1.85. The van der Waals surface area contributed by atoms with E-state index in [2.05, 4.69) is 36.3 Å². The number of rotatable bonds is 9. The Labute approximate surface area is 169 Å². The van der Waals surface area contributed by atoms with E-state index in [0.29, 0.717) is 6.54 Å². The lowest BCUT2D eigenvalue weighted by atomic mass is 10.2. The molecule has 0 saturated heterocycles. The van der Waals surface area contributed by atoms with Gasteiger partial charge in [0.1, 0.15) is 0 Å². The van der Waals surface area contributed by atoms with Gasteiger partial charge in [0.15, 0.2) is 0 Å². The van der Waals surface area contributed by atoms with Crippen LogP contribution in [0.3, 0.4) is 0 Å². The molecular formula is C23H23NOS2. The fraction of sp³-hybridized carbons (Fsp3) is 0.174. The second-order valence-electron chi connectivity index (χ2n) is 6.07. The maximum absolute atomic E-state index is 12.7. The van der Waals surface area contributed by atoms with Crippen molar-refractivity contribution in [3.05, 3.63) is 90.5 Å². The first kappa shape index (κ1) is 19.6. The van der Waals surface area contributed by atoms with E-state index < -0.39 is 0 Å². The van der Waals surface area contributed by atoms with Gasteiger partial charge in [-0.3, -0.25) is 4.79 Å². The number of benzene rings is 2. The lowest BCUT2D eigenvalue weighted by Gasteiger charge is -2.07. The van der Waals surface area contributed by atoms with Gasteiger partial charge >= 0.3 is 0 Å². The minimum atomic E-state index is 0.135. The standard InChI is InChI=1S/C23H23NOS2/c1-2-15-24-21-14-8-7-11-19(21)18-22(24)23(25)27-17-10-4-9-16-26-20-12-5-3-6-13-20/h2-3,5-9,11-14,16,18H,1,4,10,15,17H2/b16-9+. The van der Waals surface area contributed by atoms with E-state index in [1.165, 1.54) is 16.7 Å². The van der Waals surface area contributed by atoms with Crippen molar-refractivity contribution in [1.82, 2.24) is 4.57 Å². The fourth-order valence-corrected chi connectivity index (χ4v) is 4.36. The Morgan fingerprint density at radius 2 is 1.85 bits per heavy atom. The zero-order valence-electron chi connectivity index (χ0n) is 15.2. The van der Waals surface area contributed by atoms with Crippen molar-refractivity contribution in [3.63, 3.8) is 0 Å². The molecule has 2 nitrogen and oxygen atoms in total. The van der Waals surface area contributed by atoms with Crippen molar-refractivity contribution in [2.45, 2.75) is 24.3 Å². The first-order valence-electron chi connectivity index (χ1n) is 9.02. The molecule has 1 heterocycles. The Hall–Kier alpha value is -2.17. The predicted octanol–water partition coefficient (Wildman–Crippen LogP) is 6.79. The van der Waals surface area contributed by atoms with Gasteiger partial charge in [0.2, 0.25) is 5.12 Å². The van der Waals surface area contributed by atoms with Gasteiger partial charge in [0, 0.05) is 28.1 Å². The number of aromatic nitrogens is 1. The minimum Gasteiger partial charge on any atom is -0.333 e. The molecule has 0 radical (unpaired) electrons. The molecule has 2 aromatic carbocycles. The number of fused-ring (bicyclic) bond motifs is 1. The number of thioether (sulfide) groups is 2. The Kier molecular flexibility index (Phi) is 7.43. The quantitative estimate of drug-likeness (QED) is 0.227. The molecule has 0 N–H and O–H groups in total. The highest BCUT2D eigenvalue weighted by atomic mass is 32.2. The Morgan fingerprint density at radius 3 is 2.67 bits per heavy atom. The summed E-state index contributed by atoms with van der Waals surface area (Å²) < 4.78 is 2.05. The summed E-state index contributed by atoms with van der Waals surface area (Å²) in [7, 11) is 0. The highest BCUT2D eigenvalue weighted by Gasteiger charge is 2.14. The zero-order valence-corrected chi connectivity index (χ0v) is 16.8. The molecule has 3 rings (SSSR count). The third-order valence-electron chi connectivity index (χ3n) is 4.12. The van der Waals surface area contributed by atoms with E-state index >= 15 is 0 Å². The van der Waals surface area contributed by atoms with Crippen molar-refractivity contribution < 1.29 is 4.79 Å². The summed E-state index contributed by atoms with van der Waals surface area (Å²) in [6.45, 7) is 4.47. The first-order chi connectivity index (χ1) is 13.3. The van der Waals surface area contributed by atoms with Crippen LogP contribution in [0.2, 0.25) is 0 Å². The van der Waals surface area contributed by atoms with Gasteiger partial charge in [0.05, 0.1) is 5.69 Å². The summed E-state index contributed by atoms with van der Waals surface area (Å²) in [5.74, 6) is 0.828. The molecule has 27 heavy (non-hydrogen) atoms. The van der Waals surface area contributed by atoms with Gasteiger partial charge in [-0.15, -0.1) is 6.58 Å². The van der Waals surface area contributed by atoms with E-state index in [4.69, 9.17) is 0 Å². The molecule has 0 aliphatic carbocycles. The maximum Gasteiger partial charge on any atom is 0.235 e. The summed E-state index contributed by atoms with van der Waals surface area (Å²) in [6.07, 6.45) is 5.99. The monoisotopic (exact) mass is 393 g/mol. The number of hydrogen-bond donors (Lipinski definition) is 0. The average molecular weight is 394 g/mol. The third-order valence-corrected chi connectivity index (χ3v) is 5.96. The van der Waals surface area contributed by atoms with Crippen LogP contribution in [0.1, 0.15) is 23.3 Å². The van der Waals surface area contributed by atoms with E-state index in [-0.39, 0.29) is 5.12 Å². The predicted molar refractivity (Wildman–Crippen MR) is 120 cm³/mol. The molecule has 0 aliphatic rings. The average Bonchev–Trinajstić information content (AvgIpc) is 3.07. The number of unbranched alkanes of at least 4 members (excludes halogenated alkanes) is 1. The lowest BCUT2D eigenvalue weighted by molar-refractivity contribution is 0.108. The summed E-state index contributed by atoms with van der Waals surface area (Å²) in [6, 6.07) is 20.4. The van der Waals surface area contributed by atoms with E-state index in [0.717, 1.165) is 35.2 Å². The van der Waals surface area contributed by atoms with Gasteiger partial charge < -0.3 is 4.57 Å². The minimum absolute atomic E-state index is 0.135. The van der Waals surface area contributed by atoms with E-state index in [9.17, 15) is 4.79 Å². The van der Waals surface area contributed by atoms with Crippen molar-refractivity contribution in [1.29, 1.82) is 0 Å². The number of para-hydroxylation sites is 1. The Balaban J connectivity index is 1.49. The van der Waals surface area contributed by atoms with Crippen LogP contribution in [0.25, 0.3) is 10.9 Å². The van der Waals surface area contributed by atoms with Crippen LogP contribution in [0, 0.1) is 0 Å². The number of allylic oxidation sites excluding steroid dienone is 2. The summed E-state index contributed by atoms with van der Waals surface area (Å²) in [5, 5.41) is 3.36. The molecule has 0 saturated carbocycles. The van der Waals surface area contributed by atoms with Gasteiger partial charge in [-0.25, -0.2) is 0 Å². The Bertz CT molecular complexity index is 928. The zero-order chi connectivity index (χ0) is 18.9. The number of nitrogens with zero attached hydrogens (tertiary/aromatic N) is 1. The number of carbonyl (C=O) groups excluding carboxylic acids is 1. The van der Waals surface area contributed by atoms with Gasteiger partial charge in [-0.1, -0.05) is 72.1 Å². The molecule has 0 aliphatic heterocycles. The molecule has 0 unspecified atom stereocenters. The fourth-order valence-electron chi connectivity index (χ4n) is 2.84. The molecule has 138 valence electrons. The SMILES string of the molecule is C=CCn1c(C(=O)SCCC/C=C/Sc2ccccc2)cc2ccccc21. The topological polar surface area (TPSA) is 22.0 Å². The second-order valence-corrected chi connectivity index (χ2v) is 8.12. The van der Waals surface area contributed by atoms with E-state index in [1.807, 2.05) is 53.1 Å². The van der Waals surface area contributed by atoms with Crippen LogP contribution in [-0.4, -0.2) is 15.4 Å². The largest absolute Gasteiger partial charge is 0.333 e. The van der Waals surface area contributed by atoms with Crippen LogP contribution in [0.5, 0.6) is 0 Å². The molecule has 1 aromatic heterocycles. The smallest absolute Gasteiger partial charge is 0.235 e. The van der Waals surface area contributed by atoms with Gasteiger partial charge in [0.25, 0.3) is 0 Å². The lowest BCUT2D eigenvalue weighted by Crippen LogP contribution is -2.06. The second kappa shape index (κ2) is 10.2. The highest BCUT2D eigenvalue weighted by molar-refractivity contribution is 8.14. The normalized spacial score (nSPS) is 11.3. The summed E-state index contributed by atoms with van der Waals surface area (Å²) >= 11 is 3.13. The molecule has 4 heteroatoms. The highest BCUT2D eigenvalue weighted by Crippen LogP contribution is 2.24. The molecule has 0 atom stereocenters. The maximum atomic E-state index is 12.7. The molecule has 0 amide bonds. The third kappa shape index (κ3) is 5.41. The van der Waals surface area contributed by atoms with Gasteiger partial charge in [-0.05, 0) is 42.5 Å². The van der Waals surface area contributed by atoms with Crippen LogP contribution in [0.15, 0.2) is 89.7 Å². The molecule has 3 aromatic rings. The van der Waals surface area contributed by atoms with Crippen molar-refractivity contribution in [2.24, 2.45) is 0 Å². The Morgan fingerprint density at radius 1 is 1.07 bits per heavy atom. The van der Waals surface area contributed by atoms with Crippen LogP contribution in [0.4, 0.5) is 0 Å². The number of carbonyl (C=O) groups is 1. The van der Waals surface area contributed by atoms with Crippen molar-refractivity contribution >= 4 is 39.5 Å². The number of hydrogen-bond acceptors (Lipinski definition) is 3. The molecular weight excluding hydrogens is 370 g/mol. The van der Waals surface area contributed by atoms with Crippen LogP contribution >= 0.6 is 23.5 Å². The summed E-state index contributed by atoms with van der Waals surface area (Å²) in [4.78, 5) is 13.9. The van der Waals surface area contributed by atoms with Crippen LogP contribution < -0.4 is 0 Å².